The van der Waals surface area contributed by atoms with Gasteiger partial charge in [-0.1, -0.05) is 6.07 Å². The number of carbonyl (C=O) groups excluding carboxylic acids is 1. The number of nitrogens with zero attached hydrogens (tertiary/aromatic N) is 3. The molecule has 10 nitrogen and oxygen atoms in total. The Hall–Kier alpha value is -4.86. The Kier molecular flexibility index (Phi) is 4.90. The van der Waals surface area contributed by atoms with Crippen LogP contribution in [-0.2, 0) is 10.2 Å². The lowest BCUT2D eigenvalue weighted by atomic mass is 9.91. The first kappa shape index (κ1) is 22.3. The number of oxazole rings is 1. The number of ether oxygens (including phenoxy) is 2. The number of aromatic nitrogens is 4. The summed E-state index contributed by atoms with van der Waals surface area (Å²) >= 11 is 0. The van der Waals surface area contributed by atoms with Gasteiger partial charge in [-0.05, 0) is 60.9 Å². The van der Waals surface area contributed by atoms with Crippen LogP contribution in [0.4, 0.5) is 17.2 Å². The van der Waals surface area contributed by atoms with Crippen molar-refractivity contribution < 1.29 is 18.7 Å². The molecule has 1 aliphatic carbocycles. The SMILES string of the molecule is CCOc1ncc(-c2cocn2)cc1Nc1n[nH]c2cc(C3C[C@@]34C(=O)Nc3ccc(OC)cc34)ccc12. The van der Waals surface area contributed by atoms with E-state index in [9.17, 15) is 4.79 Å². The Balaban J connectivity index is 1.20. The molecule has 3 N–H and O–H groups in total. The normalized spacial score (nSPS) is 19.4. The van der Waals surface area contributed by atoms with Crippen LogP contribution in [0.5, 0.6) is 11.6 Å². The van der Waals surface area contributed by atoms with Gasteiger partial charge in [0.05, 0.1) is 24.6 Å². The third-order valence-electron chi connectivity index (χ3n) is 7.42. The van der Waals surface area contributed by atoms with Gasteiger partial charge in [0, 0.05) is 28.8 Å². The van der Waals surface area contributed by atoms with Crippen LogP contribution in [0.3, 0.4) is 0 Å². The molecular formula is C28H24N6O4. The number of hydrogen-bond acceptors (Lipinski definition) is 8. The molecule has 4 heterocycles. The summed E-state index contributed by atoms with van der Waals surface area (Å²) in [5.41, 5.74) is 5.39. The van der Waals surface area contributed by atoms with Crippen molar-refractivity contribution in [3.63, 3.8) is 0 Å². The largest absolute Gasteiger partial charge is 0.497 e. The first-order valence-corrected chi connectivity index (χ1v) is 12.4. The van der Waals surface area contributed by atoms with Gasteiger partial charge < -0.3 is 24.5 Å². The second-order valence-corrected chi connectivity index (χ2v) is 9.48. The number of methoxy groups -OCH3 is 1. The quantitative estimate of drug-likeness (QED) is 0.276. The van der Waals surface area contributed by atoms with Gasteiger partial charge in [-0.25, -0.2) is 9.97 Å². The summed E-state index contributed by atoms with van der Waals surface area (Å²) in [6.07, 6.45) is 5.39. The van der Waals surface area contributed by atoms with Crippen molar-refractivity contribution in [2.75, 3.05) is 24.4 Å². The molecule has 190 valence electrons. The zero-order chi connectivity index (χ0) is 25.9. The van der Waals surface area contributed by atoms with Crippen molar-refractivity contribution in [2.24, 2.45) is 0 Å². The lowest BCUT2D eigenvalue weighted by Gasteiger charge is -2.12. The predicted octanol–water partition coefficient (Wildman–Crippen LogP) is 5.14. The number of benzene rings is 2. The molecule has 1 fully saturated rings. The topological polar surface area (TPSA) is 127 Å². The molecule has 2 aromatic carbocycles. The molecule has 1 aliphatic heterocycles. The molecule has 38 heavy (non-hydrogen) atoms. The summed E-state index contributed by atoms with van der Waals surface area (Å²) in [5, 5.41) is 15.0. The zero-order valence-corrected chi connectivity index (χ0v) is 20.7. The highest BCUT2D eigenvalue weighted by molar-refractivity contribution is 6.10. The van der Waals surface area contributed by atoms with Gasteiger partial charge in [-0.15, -0.1) is 0 Å². The van der Waals surface area contributed by atoms with Crippen LogP contribution in [0, 0.1) is 0 Å². The Morgan fingerprint density at radius 1 is 1.18 bits per heavy atom. The fraction of sp³-hybridized carbons (Fsp3) is 0.214. The number of fused-ring (bicyclic) bond motifs is 3. The second-order valence-electron chi connectivity index (χ2n) is 9.48. The van der Waals surface area contributed by atoms with Crippen LogP contribution < -0.4 is 20.1 Å². The number of amides is 1. The van der Waals surface area contributed by atoms with E-state index in [2.05, 4.69) is 42.9 Å². The van der Waals surface area contributed by atoms with E-state index in [1.54, 1.807) is 19.6 Å². The molecule has 2 atom stereocenters. The van der Waals surface area contributed by atoms with Crippen LogP contribution in [0.25, 0.3) is 22.2 Å². The summed E-state index contributed by atoms with van der Waals surface area (Å²) in [7, 11) is 1.64. The van der Waals surface area contributed by atoms with Crippen molar-refractivity contribution in [1.82, 2.24) is 20.2 Å². The summed E-state index contributed by atoms with van der Waals surface area (Å²) in [6, 6.07) is 13.8. The summed E-state index contributed by atoms with van der Waals surface area (Å²) in [5.74, 6) is 1.98. The highest BCUT2D eigenvalue weighted by Crippen LogP contribution is 2.65. The van der Waals surface area contributed by atoms with E-state index in [4.69, 9.17) is 13.9 Å². The Bertz CT molecular complexity index is 1700. The highest BCUT2D eigenvalue weighted by Gasteiger charge is 2.65. The summed E-state index contributed by atoms with van der Waals surface area (Å²) < 4.78 is 16.3. The monoisotopic (exact) mass is 508 g/mol. The molecular weight excluding hydrogens is 484 g/mol. The Morgan fingerprint density at radius 2 is 2.11 bits per heavy atom. The van der Waals surface area contributed by atoms with Gasteiger partial charge >= 0.3 is 0 Å². The van der Waals surface area contributed by atoms with Gasteiger partial charge in [0.2, 0.25) is 11.8 Å². The summed E-state index contributed by atoms with van der Waals surface area (Å²) in [4.78, 5) is 21.7. The van der Waals surface area contributed by atoms with Gasteiger partial charge in [0.25, 0.3) is 0 Å². The van der Waals surface area contributed by atoms with Crippen LogP contribution >= 0.6 is 0 Å². The number of rotatable bonds is 7. The highest BCUT2D eigenvalue weighted by atomic mass is 16.5. The lowest BCUT2D eigenvalue weighted by Crippen LogP contribution is -2.21. The second kappa shape index (κ2) is 8.34. The number of hydrogen-bond donors (Lipinski definition) is 3. The van der Waals surface area contributed by atoms with E-state index in [1.807, 2.05) is 37.3 Å². The van der Waals surface area contributed by atoms with E-state index in [0.717, 1.165) is 45.5 Å². The molecule has 1 unspecified atom stereocenters. The smallest absolute Gasteiger partial charge is 0.237 e. The molecule has 0 radical (unpaired) electrons. The maximum absolute atomic E-state index is 13.1. The van der Waals surface area contributed by atoms with Crippen LogP contribution in [0.15, 0.2) is 65.7 Å². The van der Waals surface area contributed by atoms with E-state index in [1.165, 1.54) is 6.39 Å². The zero-order valence-electron chi connectivity index (χ0n) is 20.7. The molecule has 0 bridgehead atoms. The fourth-order valence-corrected chi connectivity index (χ4v) is 5.46. The molecule has 1 amide bonds. The van der Waals surface area contributed by atoms with Gasteiger partial charge in [0.15, 0.2) is 12.2 Å². The standard InChI is InChI=1S/C28H24N6O4/c1-3-38-26-23(9-16(12-29-26)24-13-37-14-30-24)31-25-18-6-4-15(8-22(18)33-34-25)20-11-28(20)19-10-17(36-2)5-7-21(19)32-27(28)35/h4-10,12-14,20H,3,11H2,1-2H3,(H,32,35)(H2,31,33,34)/t20?,28-/m0/s1. The molecule has 10 heteroatoms. The predicted molar refractivity (Wildman–Crippen MR) is 141 cm³/mol. The first-order chi connectivity index (χ1) is 18.6. The van der Waals surface area contributed by atoms with Gasteiger partial charge in [-0.3, -0.25) is 9.89 Å². The Morgan fingerprint density at radius 3 is 2.92 bits per heavy atom. The van der Waals surface area contributed by atoms with E-state index >= 15 is 0 Å². The molecule has 1 saturated carbocycles. The molecule has 2 aliphatic rings. The molecule has 0 saturated heterocycles. The average Bonchev–Trinajstić information content (AvgIpc) is 3.20. The lowest BCUT2D eigenvalue weighted by molar-refractivity contribution is -0.118. The third kappa shape index (κ3) is 3.33. The Labute approximate surface area is 217 Å². The van der Waals surface area contributed by atoms with Crippen molar-refractivity contribution in [3.05, 3.63) is 72.4 Å². The van der Waals surface area contributed by atoms with Gasteiger partial charge in [-0.2, -0.15) is 5.10 Å². The molecule has 7 rings (SSSR count). The van der Waals surface area contributed by atoms with E-state index in [-0.39, 0.29) is 11.8 Å². The number of pyridine rings is 1. The maximum atomic E-state index is 13.1. The molecule has 5 aromatic rings. The maximum Gasteiger partial charge on any atom is 0.237 e. The first-order valence-electron chi connectivity index (χ1n) is 12.4. The van der Waals surface area contributed by atoms with Gasteiger partial charge in [0.1, 0.15) is 23.4 Å². The fourth-order valence-electron chi connectivity index (χ4n) is 5.46. The van der Waals surface area contributed by atoms with Crippen molar-refractivity contribution in [1.29, 1.82) is 0 Å². The number of aromatic amines is 1. The number of anilines is 3. The van der Waals surface area contributed by atoms with E-state index < -0.39 is 5.41 Å². The van der Waals surface area contributed by atoms with E-state index in [0.29, 0.717) is 29.7 Å². The van der Waals surface area contributed by atoms with Crippen molar-refractivity contribution in [3.8, 4) is 22.9 Å². The minimum Gasteiger partial charge on any atom is -0.497 e. The summed E-state index contributed by atoms with van der Waals surface area (Å²) in [6.45, 7) is 2.38. The minimum absolute atomic E-state index is 0.0424. The third-order valence-corrected chi connectivity index (χ3v) is 7.42. The molecule has 3 aromatic heterocycles. The van der Waals surface area contributed by atoms with Crippen molar-refractivity contribution >= 4 is 34.0 Å². The van der Waals surface area contributed by atoms with Crippen LogP contribution in [0.1, 0.15) is 30.4 Å². The van der Waals surface area contributed by atoms with Crippen LogP contribution in [-0.4, -0.2) is 39.8 Å². The number of nitrogens with one attached hydrogen (secondary N) is 3. The number of carbonyl (C=O) groups is 1. The van der Waals surface area contributed by atoms with Crippen molar-refractivity contribution in [2.45, 2.75) is 24.7 Å². The minimum atomic E-state index is -0.557. The average molecular weight is 509 g/mol. The molecule has 1 spiro atoms. The number of H-pyrrole nitrogens is 1. The van der Waals surface area contributed by atoms with Crippen LogP contribution in [0.2, 0.25) is 0 Å².